The summed E-state index contributed by atoms with van der Waals surface area (Å²) in [5.74, 6) is 3.05. The number of nitrogens with zero attached hydrogens (tertiary/aromatic N) is 8. The number of aryl methyl sites for hydroxylation is 2. The predicted molar refractivity (Wildman–Crippen MR) is 141 cm³/mol. The van der Waals surface area contributed by atoms with Gasteiger partial charge in [0.05, 0.1) is 30.4 Å². The van der Waals surface area contributed by atoms with Gasteiger partial charge in [-0.25, -0.2) is 9.97 Å². The minimum atomic E-state index is -0.903. The molecular formula is C26H33N9O3. The average molecular weight is 520 g/mol. The van der Waals surface area contributed by atoms with Crippen LogP contribution in [0.5, 0.6) is 0 Å². The van der Waals surface area contributed by atoms with E-state index in [1.807, 2.05) is 45.3 Å². The molecule has 1 aromatic carbocycles. The van der Waals surface area contributed by atoms with Gasteiger partial charge in [0.2, 0.25) is 5.95 Å². The van der Waals surface area contributed by atoms with Crippen molar-refractivity contribution in [1.82, 2.24) is 39.3 Å². The average Bonchev–Trinajstić information content (AvgIpc) is 3.46. The highest BCUT2D eigenvalue weighted by Crippen LogP contribution is 2.33. The molecule has 3 aliphatic rings. The number of hydrogen-bond donors (Lipinski definition) is 3. The molecule has 3 fully saturated rings. The first kappa shape index (κ1) is 23.9. The molecule has 0 saturated carbocycles. The zero-order valence-corrected chi connectivity index (χ0v) is 21.7. The molecule has 2 unspecified atom stereocenters. The number of rotatable bonds is 6. The minimum Gasteiger partial charge on any atom is -0.390 e. The normalized spacial score (nSPS) is 23.6. The molecule has 0 radical (unpaired) electrons. The molecule has 3 aromatic heterocycles. The number of morpholine rings is 1. The van der Waals surface area contributed by atoms with Gasteiger partial charge in [0.1, 0.15) is 17.4 Å². The molecule has 0 spiro atoms. The highest BCUT2D eigenvalue weighted by atomic mass is 16.5. The molecule has 12 nitrogen and oxygen atoms in total. The number of imidazole rings is 2. The number of hydrogen-bond acceptors (Lipinski definition) is 10. The smallest absolute Gasteiger partial charge is 0.239 e. The Morgan fingerprint density at radius 1 is 1.08 bits per heavy atom. The van der Waals surface area contributed by atoms with Gasteiger partial charge in [0, 0.05) is 58.7 Å². The Hall–Kier alpha value is -3.16. The Morgan fingerprint density at radius 2 is 1.87 bits per heavy atom. The summed E-state index contributed by atoms with van der Waals surface area (Å²) in [6, 6.07) is 7.84. The van der Waals surface area contributed by atoms with Crippen molar-refractivity contribution in [2.75, 3.05) is 50.8 Å². The number of β-amino-alcohol motifs (C(OH)–C–C–N with tert-alkyl or cyclic N) is 2. The molecule has 3 saturated heterocycles. The van der Waals surface area contributed by atoms with Gasteiger partial charge in [-0.15, -0.1) is 0 Å². The fourth-order valence-electron chi connectivity index (χ4n) is 5.89. The molecule has 200 valence electrons. The van der Waals surface area contributed by atoms with E-state index >= 15 is 0 Å². The number of fused-ring (bicyclic) bond motifs is 2. The SMILES string of the molecule is CCc1nc2ccccc2n1-c1nc(N2CCOCC2)c2nc(CC3C(O)CN3C3(O)CNC3)n(C)c2n1. The Bertz CT molecular complexity index is 1500. The van der Waals surface area contributed by atoms with Gasteiger partial charge in [-0.2, -0.15) is 9.97 Å². The predicted octanol–water partition coefficient (Wildman–Crippen LogP) is -0.0194. The van der Waals surface area contributed by atoms with Crippen molar-refractivity contribution >= 4 is 28.0 Å². The number of ether oxygens (including phenoxy) is 1. The monoisotopic (exact) mass is 519 g/mol. The van der Waals surface area contributed by atoms with Crippen LogP contribution in [0.2, 0.25) is 0 Å². The van der Waals surface area contributed by atoms with E-state index in [4.69, 9.17) is 24.7 Å². The van der Waals surface area contributed by atoms with Crippen molar-refractivity contribution < 1.29 is 14.9 Å². The van der Waals surface area contributed by atoms with Gasteiger partial charge in [-0.3, -0.25) is 9.47 Å². The fourth-order valence-corrected chi connectivity index (χ4v) is 5.89. The maximum atomic E-state index is 10.9. The second kappa shape index (κ2) is 8.95. The number of likely N-dealkylation sites (tertiary alicyclic amines) is 1. The summed E-state index contributed by atoms with van der Waals surface area (Å²) in [6.45, 7) is 6.26. The van der Waals surface area contributed by atoms with E-state index in [9.17, 15) is 10.2 Å². The van der Waals surface area contributed by atoms with Crippen molar-refractivity contribution in [2.24, 2.45) is 7.05 Å². The molecule has 4 aromatic rings. The quantitative estimate of drug-likeness (QED) is 0.320. The zero-order chi connectivity index (χ0) is 26.0. The maximum Gasteiger partial charge on any atom is 0.239 e. The van der Waals surface area contributed by atoms with Crippen LogP contribution in [0.1, 0.15) is 18.6 Å². The first-order valence-electron chi connectivity index (χ1n) is 13.4. The third kappa shape index (κ3) is 3.62. The Balaban J connectivity index is 1.35. The third-order valence-electron chi connectivity index (χ3n) is 8.21. The summed E-state index contributed by atoms with van der Waals surface area (Å²) in [4.78, 5) is 24.2. The van der Waals surface area contributed by atoms with Crippen LogP contribution in [-0.2, 0) is 24.6 Å². The number of aliphatic hydroxyl groups is 2. The molecule has 6 heterocycles. The summed E-state index contributed by atoms with van der Waals surface area (Å²) in [6.07, 6.45) is 0.735. The van der Waals surface area contributed by atoms with Gasteiger partial charge in [0.25, 0.3) is 0 Å². The molecule has 0 amide bonds. The van der Waals surface area contributed by atoms with Crippen LogP contribution in [0.15, 0.2) is 24.3 Å². The van der Waals surface area contributed by atoms with Crippen LogP contribution in [0.4, 0.5) is 5.82 Å². The lowest BCUT2D eigenvalue weighted by Gasteiger charge is -2.57. The van der Waals surface area contributed by atoms with E-state index in [1.54, 1.807) is 0 Å². The molecule has 12 heteroatoms. The third-order valence-corrected chi connectivity index (χ3v) is 8.21. The van der Waals surface area contributed by atoms with Crippen molar-refractivity contribution in [3.8, 4) is 5.95 Å². The molecule has 3 N–H and O–H groups in total. The molecule has 0 bridgehead atoms. The summed E-state index contributed by atoms with van der Waals surface area (Å²) in [5.41, 5.74) is 2.44. The van der Waals surface area contributed by atoms with Crippen LogP contribution in [0, 0.1) is 0 Å². The van der Waals surface area contributed by atoms with E-state index in [-0.39, 0.29) is 6.04 Å². The van der Waals surface area contributed by atoms with Gasteiger partial charge in [0.15, 0.2) is 17.0 Å². The molecule has 38 heavy (non-hydrogen) atoms. The Morgan fingerprint density at radius 3 is 2.58 bits per heavy atom. The van der Waals surface area contributed by atoms with E-state index < -0.39 is 11.8 Å². The maximum absolute atomic E-state index is 10.9. The Kier molecular flexibility index (Phi) is 5.64. The van der Waals surface area contributed by atoms with Crippen LogP contribution in [0.3, 0.4) is 0 Å². The second-order valence-corrected chi connectivity index (χ2v) is 10.5. The highest BCUT2D eigenvalue weighted by Gasteiger charge is 2.52. The second-order valence-electron chi connectivity index (χ2n) is 10.5. The van der Waals surface area contributed by atoms with E-state index in [0.29, 0.717) is 45.2 Å². The molecule has 0 aliphatic carbocycles. The van der Waals surface area contributed by atoms with Crippen LogP contribution < -0.4 is 10.2 Å². The number of aromatic nitrogens is 6. The van der Waals surface area contributed by atoms with Gasteiger partial charge in [-0.05, 0) is 12.1 Å². The van der Waals surface area contributed by atoms with Crippen LogP contribution in [-0.4, -0.2) is 108 Å². The summed E-state index contributed by atoms with van der Waals surface area (Å²) in [7, 11) is 1.96. The molecule has 3 aliphatic heterocycles. The highest BCUT2D eigenvalue weighted by molar-refractivity contribution is 5.86. The molecular weight excluding hydrogens is 486 g/mol. The molecule has 7 rings (SSSR count). The van der Waals surface area contributed by atoms with Crippen LogP contribution in [0.25, 0.3) is 28.1 Å². The van der Waals surface area contributed by atoms with E-state index in [1.165, 1.54) is 0 Å². The lowest BCUT2D eigenvalue weighted by molar-refractivity contribution is -0.228. The largest absolute Gasteiger partial charge is 0.390 e. The summed E-state index contributed by atoms with van der Waals surface area (Å²) in [5, 5.41) is 24.6. The minimum absolute atomic E-state index is 0.207. The number of anilines is 1. The van der Waals surface area contributed by atoms with Gasteiger partial charge >= 0.3 is 0 Å². The van der Waals surface area contributed by atoms with Crippen LogP contribution >= 0.6 is 0 Å². The standard InChI is InChI=1S/C26H33N9O3/c1-3-20-28-16-6-4-5-7-17(16)35(20)25-30-23-22(24(31-25)33-8-10-38-11-9-33)29-21(32(23)2)12-18-19(36)13-34(18)26(37)14-27-15-26/h4-7,18-19,27,36-37H,3,8-15H2,1-2H3. The lowest BCUT2D eigenvalue weighted by atomic mass is 9.89. The topological polar surface area (TPSA) is 130 Å². The first-order chi connectivity index (χ1) is 18.5. The van der Waals surface area contributed by atoms with Crippen molar-refractivity contribution in [3.63, 3.8) is 0 Å². The number of nitrogens with one attached hydrogen (secondary N) is 1. The van der Waals surface area contributed by atoms with E-state index in [2.05, 4.69) is 17.1 Å². The number of para-hydroxylation sites is 2. The summed E-state index contributed by atoms with van der Waals surface area (Å²) >= 11 is 0. The lowest BCUT2D eigenvalue weighted by Crippen LogP contribution is -2.78. The van der Waals surface area contributed by atoms with Crippen molar-refractivity contribution in [2.45, 2.75) is 37.6 Å². The first-order valence-corrected chi connectivity index (χ1v) is 13.4. The molecule has 2 atom stereocenters. The fraction of sp³-hybridized carbons (Fsp3) is 0.538. The number of aliphatic hydroxyl groups excluding tert-OH is 1. The Labute approximate surface area is 219 Å². The summed E-state index contributed by atoms with van der Waals surface area (Å²) < 4.78 is 9.66. The van der Waals surface area contributed by atoms with Gasteiger partial charge < -0.3 is 29.7 Å². The van der Waals surface area contributed by atoms with E-state index in [0.717, 1.165) is 59.2 Å². The van der Waals surface area contributed by atoms with Gasteiger partial charge in [-0.1, -0.05) is 19.1 Å². The van der Waals surface area contributed by atoms with Crippen molar-refractivity contribution in [3.05, 3.63) is 35.9 Å². The zero-order valence-electron chi connectivity index (χ0n) is 21.7. The number of benzene rings is 1. The van der Waals surface area contributed by atoms with Crippen molar-refractivity contribution in [1.29, 1.82) is 0 Å².